The van der Waals surface area contributed by atoms with Crippen molar-refractivity contribution < 1.29 is 22.4 Å². The Bertz CT molecular complexity index is 920. The summed E-state index contributed by atoms with van der Waals surface area (Å²) in [5.74, 6) is 0.828. The van der Waals surface area contributed by atoms with Crippen LogP contribution in [-0.2, 0) is 0 Å². The highest BCUT2D eigenvalue weighted by molar-refractivity contribution is 7.17. The number of nitrogens with zero attached hydrogens (tertiary/aromatic N) is 1. The number of amides is 1. The van der Waals surface area contributed by atoms with Crippen LogP contribution in [-0.4, -0.2) is 24.8 Å². The summed E-state index contributed by atoms with van der Waals surface area (Å²) in [6.07, 6.45) is 1.43. The Kier molecular flexibility index (Phi) is 5.95. The van der Waals surface area contributed by atoms with Crippen molar-refractivity contribution in [3.63, 3.8) is 0 Å². The van der Waals surface area contributed by atoms with E-state index in [1.807, 2.05) is 0 Å². The number of alkyl halides is 3. The highest BCUT2D eigenvalue weighted by atomic mass is 32.1. The van der Waals surface area contributed by atoms with Gasteiger partial charge in [-0.3, -0.25) is 9.79 Å². The number of carbonyl (C=O) groups excluding carboxylic acids is 1. The Balaban J connectivity index is 2.25. The number of thiophene rings is 1. The van der Waals surface area contributed by atoms with Gasteiger partial charge < -0.3 is 5.32 Å². The van der Waals surface area contributed by atoms with Crippen LogP contribution in [0.3, 0.4) is 0 Å². The average molecular weight is 380 g/mol. The molecule has 2 aromatic rings. The van der Waals surface area contributed by atoms with E-state index in [0.29, 0.717) is 9.88 Å². The zero-order valence-electron chi connectivity index (χ0n) is 13.4. The second-order valence-corrected chi connectivity index (χ2v) is 5.99. The largest absolute Gasteiger partial charge is 0.432 e. The fraction of sp³-hybridized carbons (Fsp3) is 0.111. The molecule has 0 unspecified atom stereocenters. The van der Waals surface area contributed by atoms with Crippen LogP contribution >= 0.6 is 11.3 Å². The summed E-state index contributed by atoms with van der Waals surface area (Å²) in [5, 5.41) is 2.80. The van der Waals surface area contributed by atoms with E-state index in [1.54, 1.807) is 0 Å². The molecule has 1 heterocycles. The van der Waals surface area contributed by atoms with Crippen LogP contribution in [0.1, 0.15) is 15.2 Å². The first kappa shape index (κ1) is 19.4. The molecule has 0 radical (unpaired) electrons. The number of benzene rings is 1. The SMILES string of the molecule is C#C/C(=C\C(=NC)C(F)(F)F)c1ccc(NC(=O)c2ccccc2F)s1. The van der Waals surface area contributed by atoms with Gasteiger partial charge in [0.2, 0.25) is 0 Å². The van der Waals surface area contributed by atoms with Gasteiger partial charge in [0.05, 0.1) is 10.6 Å². The number of hydrogen-bond acceptors (Lipinski definition) is 3. The minimum Gasteiger partial charge on any atom is -0.313 e. The minimum absolute atomic E-state index is 0.0284. The molecule has 134 valence electrons. The molecule has 0 aliphatic heterocycles. The molecule has 1 aromatic carbocycles. The Hall–Kier alpha value is -2.92. The number of nitrogens with one attached hydrogen (secondary N) is 1. The number of rotatable bonds is 4. The molecule has 0 spiro atoms. The summed E-state index contributed by atoms with van der Waals surface area (Å²) in [6, 6.07) is 8.37. The van der Waals surface area contributed by atoms with Crippen LogP contribution in [0.5, 0.6) is 0 Å². The van der Waals surface area contributed by atoms with Crippen LogP contribution in [0.25, 0.3) is 5.57 Å². The van der Waals surface area contributed by atoms with Gasteiger partial charge in [0, 0.05) is 17.5 Å². The normalized spacial score (nSPS) is 12.6. The van der Waals surface area contributed by atoms with E-state index in [9.17, 15) is 22.4 Å². The van der Waals surface area contributed by atoms with Crippen molar-refractivity contribution in [3.8, 4) is 12.3 Å². The monoisotopic (exact) mass is 380 g/mol. The third-order valence-corrected chi connectivity index (χ3v) is 4.23. The van der Waals surface area contributed by atoms with Crippen molar-refractivity contribution in [1.82, 2.24) is 0 Å². The van der Waals surface area contributed by atoms with Gasteiger partial charge in [0.1, 0.15) is 11.5 Å². The molecule has 8 heteroatoms. The number of carbonyl (C=O) groups is 1. The molecular formula is C18H12F4N2OS. The summed E-state index contributed by atoms with van der Waals surface area (Å²) in [5.41, 5.74) is -1.29. The molecule has 0 fully saturated rings. The number of terminal acetylenes is 1. The summed E-state index contributed by atoms with van der Waals surface area (Å²) in [7, 11) is 1.02. The highest BCUT2D eigenvalue weighted by Gasteiger charge is 2.33. The van der Waals surface area contributed by atoms with Crippen molar-refractivity contribution in [3.05, 3.63) is 58.7 Å². The van der Waals surface area contributed by atoms with Crippen LogP contribution in [0.2, 0.25) is 0 Å². The lowest BCUT2D eigenvalue weighted by atomic mass is 10.1. The summed E-state index contributed by atoms with van der Waals surface area (Å²) >= 11 is 0.970. The maximum absolute atomic E-state index is 13.6. The topological polar surface area (TPSA) is 41.5 Å². The van der Waals surface area contributed by atoms with E-state index in [2.05, 4.69) is 16.2 Å². The van der Waals surface area contributed by atoms with Gasteiger partial charge in [-0.25, -0.2) is 4.39 Å². The zero-order chi connectivity index (χ0) is 19.3. The van der Waals surface area contributed by atoms with Crippen LogP contribution in [0, 0.1) is 18.2 Å². The first-order chi connectivity index (χ1) is 12.3. The molecule has 0 saturated heterocycles. The molecule has 3 nitrogen and oxygen atoms in total. The molecule has 0 bridgehead atoms. The number of hydrogen-bond donors (Lipinski definition) is 1. The lowest BCUT2D eigenvalue weighted by Crippen LogP contribution is -2.20. The third-order valence-electron chi connectivity index (χ3n) is 3.19. The predicted octanol–water partition coefficient (Wildman–Crippen LogP) is 4.79. The van der Waals surface area contributed by atoms with E-state index in [0.717, 1.165) is 30.5 Å². The Labute approximate surface area is 151 Å². The predicted molar refractivity (Wildman–Crippen MR) is 94.9 cm³/mol. The minimum atomic E-state index is -4.63. The molecule has 0 atom stereocenters. The number of halogens is 4. The summed E-state index contributed by atoms with van der Waals surface area (Å²) in [4.78, 5) is 15.6. The molecule has 0 aliphatic rings. The van der Waals surface area contributed by atoms with Crippen LogP contribution in [0.15, 0.2) is 47.5 Å². The van der Waals surface area contributed by atoms with Gasteiger partial charge in [-0.05, 0) is 30.3 Å². The van der Waals surface area contributed by atoms with Gasteiger partial charge in [-0.15, -0.1) is 17.8 Å². The highest BCUT2D eigenvalue weighted by Crippen LogP contribution is 2.30. The van der Waals surface area contributed by atoms with E-state index >= 15 is 0 Å². The van der Waals surface area contributed by atoms with E-state index < -0.39 is 23.6 Å². The van der Waals surface area contributed by atoms with Crippen molar-refractivity contribution in [2.24, 2.45) is 4.99 Å². The fourth-order valence-electron chi connectivity index (χ4n) is 1.97. The summed E-state index contributed by atoms with van der Waals surface area (Å²) < 4.78 is 52.0. The van der Waals surface area contributed by atoms with Gasteiger partial charge in [0.15, 0.2) is 0 Å². The van der Waals surface area contributed by atoms with E-state index in [-0.39, 0.29) is 11.1 Å². The van der Waals surface area contributed by atoms with E-state index in [4.69, 9.17) is 6.42 Å². The fourth-order valence-corrected chi connectivity index (χ4v) is 2.85. The zero-order valence-corrected chi connectivity index (χ0v) is 14.2. The van der Waals surface area contributed by atoms with Crippen molar-refractivity contribution >= 4 is 33.5 Å². The van der Waals surface area contributed by atoms with Gasteiger partial charge in [-0.1, -0.05) is 18.1 Å². The maximum atomic E-state index is 13.6. The Morgan fingerprint density at radius 2 is 1.96 bits per heavy atom. The first-order valence-electron chi connectivity index (χ1n) is 7.14. The molecule has 1 amide bonds. The molecule has 26 heavy (non-hydrogen) atoms. The standard InChI is InChI=1S/C18H12F4N2OS/c1-3-11(10-15(23-2)18(20,21)22)14-8-9-16(26-14)24-17(25)12-6-4-5-7-13(12)19/h1,4-10H,2H3,(H,24,25)/b11-10+,23-15?. The van der Waals surface area contributed by atoms with Crippen molar-refractivity contribution in [1.29, 1.82) is 0 Å². The average Bonchev–Trinajstić information content (AvgIpc) is 3.03. The molecule has 0 aliphatic carbocycles. The third kappa shape index (κ3) is 4.58. The van der Waals surface area contributed by atoms with Crippen LogP contribution in [0.4, 0.5) is 22.6 Å². The van der Waals surface area contributed by atoms with Gasteiger partial charge in [0.25, 0.3) is 5.91 Å². The van der Waals surface area contributed by atoms with E-state index in [1.165, 1.54) is 30.3 Å². The second-order valence-electron chi connectivity index (χ2n) is 4.91. The number of allylic oxidation sites excluding steroid dienone is 2. The Morgan fingerprint density at radius 1 is 1.27 bits per heavy atom. The van der Waals surface area contributed by atoms with Crippen LogP contribution < -0.4 is 5.32 Å². The second kappa shape index (κ2) is 7.97. The molecular weight excluding hydrogens is 368 g/mol. The number of aliphatic imine (C=N–C) groups is 1. The number of anilines is 1. The Morgan fingerprint density at radius 3 is 2.54 bits per heavy atom. The maximum Gasteiger partial charge on any atom is 0.432 e. The van der Waals surface area contributed by atoms with Crippen molar-refractivity contribution in [2.45, 2.75) is 6.18 Å². The lowest BCUT2D eigenvalue weighted by molar-refractivity contribution is -0.0577. The van der Waals surface area contributed by atoms with Gasteiger partial charge >= 0.3 is 6.18 Å². The lowest BCUT2D eigenvalue weighted by Gasteiger charge is -2.06. The van der Waals surface area contributed by atoms with Crippen molar-refractivity contribution in [2.75, 3.05) is 12.4 Å². The first-order valence-corrected chi connectivity index (χ1v) is 7.96. The molecule has 1 N–H and O–H groups in total. The quantitative estimate of drug-likeness (QED) is 0.463. The smallest absolute Gasteiger partial charge is 0.313 e. The molecule has 0 saturated carbocycles. The van der Waals surface area contributed by atoms with Gasteiger partial charge in [-0.2, -0.15) is 13.2 Å². The summed E-state index contributed by atoms with van der Waals surface area (Å²) in [6.45, 7) is 0. The molecule has 1 aromatic heterocycles. The molecule has 2 rings (SSSR count).